The van der Waals surface area contributed by atoms with Crippen LogP contribution in [0.4, 0.5) is 4.39 Å². The highest BCUT2D eigenvalue weighted by Crippen LogP contribution is 2.16. The first-order valence-corrected chi connectivity index (χ1v) is 6.18. The Morgan fingerprint density at radius 2 is 2.10 bits per heavy atom. The van der Waals surface area contributed by atoms with E-state index >= 15 is 0 Å². The Balaban J connectivity index is 2.07. The van der Waals surface area contributed by atoms with Crippen molar-refractivity contribution in [3.63, 3.8) is 0 Å². The summed E-state index contributed by atoms with van der Waals surface area (Å²) in [5.41, 5.74) is 1.84. The summed E-state index contributed by atoms with van der Waals surface area (Å²) < 4.78 is 20.0. The average molecular weight is 272 g/mol. The summed E-state index contributed by atoms with van der Waals surface area (Å²) >= 11 is 0. The van der Waals surface area contributed by atoms with Crippen LogP contribution in [0, 0.1) is 5.82 Å². The van der Waals surface area contributed by atoms with Gasteiger partial charge in [-0.05, 0) is 35.9 Å². The number of hydrogen-bond acceptors (Lipinski definition) is 2. The minimum atomic E-state index is -0.365. The van der Waals surface area contributed by atoms with E-state index in [4.69, 9.17) is 4.74 Å². The zero-order valence-corrected chi connectivity index (χ0v) is 10.9. The van der Waals surface area contributed by atoms with Crippen molar-refractivity contribution in [3.05, 3.63) is 64.3 Å². The minimum absolute atomic E-state index is 0.256. The number of nitrogens with one attached hydrogen (secondary N) is 1. The molecule has 1 heterocycles. The van der Waals surface area contributed by atoms with Gasteiger partial charge in [0.1, 0.15) is 11.6 Å². The fraction of sp³-hybridized carbons (Fsp3) is 0.133. The quantitative estimate of drug-likeness (QED) is 0.796. The molecule has 0 aliphatic heterocycles. The van der Waals surface area contributed by atoms with Gasteiger partial charge in [-0.15, -0.1) is 0 Å². The number of rotatable bonds is 3. The number of H-pyrrole nitrogens is 1. The standard InChI is InChI=1S/C15H13FN2O2/c1-20-12-4-2-3-10(7-12)9-18-14-8-11(16)5-6-13(14)17-15(18)19/h2-8H,9H2,1H3,(H,17,19). The van der Waals surface area contributed by atoms with Gasteiger partial charge in [0.15, 0.2) is 0 Å². The Hall–Kier alpha value is -2.56. The second-order valence-electron chi connectivity index (χ2n) is 4.53. The number of hydrogen-bond donors (Lipinski definition) is 1. The largest absolute Gasteiger partial charge is 0.497 e. The number of imidazole rings is 1. The molecular formula is C15H13FN2O2. The summed E-state index contributed by atoms with van der Waals surface area (Å²) in [4.78, 5) is 14.7. The molecule has 0 fully saturated rings. The van der Waals surface area contributed by atoms with Crippen molar-refractivity contribution < 1.29 is 9.13 Å². The first-order chi connectivity index (χ1) is 9.67. The van der Waals surface area contributed by atoms with Crippen LogP contribution in [0.1, 0.15) is 5.56 Å². The van der Waals surface area contributed by atoms with E-state index in [1.54, 1.807) is 13.2 Å². The van der Waals surface area contributed by atoms with Crippen LogP contribution >= 0.6 is 0 Å². The first-order valence-electron chi connectivity index (χ1n) is 6.18. The molecule has 102 valence electrons. The van der Waals surface area contributed by atoms with E-state index in [1.165, 1.54) is 16.7 Å². The van der Waals surface area contributed by atoms with Gasteiger partial charge in [0.2, 0.25) is 0 Å². The number of nitrogens with zero attached hydrogens (tertiary/aromatic N) is 1. The number of aromatic amines is 1. The third-order valence-electron chi connectivity index (χ3n) is 3.21. The molecule has 20 heavy (non-hydrogen) atoms. The van der Waals surface area contributed by atoms with Crippen LogP contribution in [0.5, 0.6) is 5.75 Å². The fourth-order valence-corrected chi connectivity index (χ4v) is 2.24. The van der Waals surface area contributed by atoms with Gasteiger partial charge in [-0.25, -0.2) is 9.18 Å². The Morgan fingerprint density at radius 1 is 1.25 bits per heavy atom. The van der Waals surface area contributed by atoms with E-state index in [9.17, 15) is 9.18 Å². The molecule has 0 amide bonds. The Kier molecular flexibility index (Phi) is 3.02. The molecule has 0 saturated carbocycles. The summed E-state index contributed by atoms with van der Waals surface area (Å²) in [5.74, 6) is 0.359. The number of methoxy groups -OCH3 is 1. The maximum atomic E-state index is 13.3. The molecule has 2 aromatic carbocycles. The number of fused-ring (bicyclic) bond motifs is 1. The molecule has 5 heteroatoms. The van der Waals surface area contributed by atoms with Crippen molar-refractivity contribution in [1.82, 2.24) is 9.55 Å². The summed E-state index contributed by atoms with van der Waals surface area (Å²) in [6.07, 6.45) is 0. The van der Waals surface area contributed by atoms with Gasteiger partial charge in [-0.1, -0.05) is 12.1 Å². The lowest BCUT2D eigenvalue weighted by atomic mass is 10.2. The number of benzene rings is 2. The van der Waals surface area contributed by atoms with E-state index in [-0.39, 0.29) is 11.5 Å². The molecule has 0 spiro atoms. The van der Waals surface area contributed by atoms with Crippen LogP contribution in [0.25, 0.3) is 11.0 Å². The second kappa shape index (κ2) is 4.85. The molecule has 3 aromatic rings. The Morgan fingerprint density at radius 3 is 2.90 bits per heavy atom. The van der Waals surface area contributed by atoms with E-state index in [0.717, 1.165) is 11.3 Å². The van der Waals surface area contributed by atoms with E-state index < -0.39 is 0 Å². The molecular weight excluding hydrogens is 259 g/mol. The monoisotopic (exact) mass is 272 g/mol. The van der Waals surface area contributed by atoms with Crippen molar-refractivity contribution in [3.8, 4) is 5.75 Å². The van der Waals surface area contributed by atoms with Crippen LogP contribution in [0.15, 0.2) is 47.3 Å². The van der Waals surface area contributed by atoms with Crippen molar-refractivity contribution in [2.45, 2.75) is 6.54 Å². The van der Waals surface area contributed by atoms with Gasteiger partial charge in [0.25, 0.3) is 0 Å². The van der Waals surface area contributed by atoms with Crippen molar-refractivity contribution in [2.24, 2.45) is 0 Å². The summed E-state index contributed by atoms with van der Waals surface area (Å²) in [6.45, 7) is 0.361. The highest BCUT2D eigenvalue weighted by molar-refractivity contribution is 5.75. The first kappa shape index (κ1) is 12.5. The Bertz CT molecular complexity index is 820. The van der Waals surface area contributed by atoms with Gasteiger partial charge in [0.05, 0.1) is 24.7 Å². The van der Waals surface area contributed by atoms with Gasteiger partial charge in [-0.2, -0.15) is 0 Å². The summed E-state index contributed by atoms with van der Waals surface area (Å²) in [6, 6.07) is 11.7. The lowest BCUT2D eigenvalue weighted by Crippen LogP contribution is -2.17. The zero-order chi connectivity index (χ0) is 14.1. The lowest BCUT2D eigenvalue weighted by molar-refractivity contribution is 0.414. The maximum Gasteiger partial charge on any atom is 0.326 e. The average Bonchev–Trinajstić information content (AvgIpc) is 2.75. The van der Waals surface area contributed by atoms with Crippen LogP contribution < -0.4 is 10.4 Å². The topological polar surface area (TPSA) is 47.0 Å². The maximum absolute atomic E-state index is 13.3. The van der Waals surface area contributed by atoms with Gasteiger partial charge >= 0.3 is 5.69 Å². The predicted octanol–water partition coefficient (Wildman–Crippen LogP) is 2.53. The van der Waals surface area contributed by atoms with Crippen LogP contribution in [-0.4, -0.2) is 16.7 Å². The zero-order valence-electron chi connectivity index (χ0n) is 10.9. The van der Waals surface area contributed by atoms with Crippen molar-refractivity contribution >= 4 is 11.0 Å². The van der Waals surface area contributed by atoms with Crippen LogP contribution in [0.2, 0.25) is 0 Å². The van der Waals surface area contributed by atoms with Gasteiger partial charge in [0, 0.05) is 0 Å². The fourth-order valence-electron chi connectivity index (χ4n) is 2.24. The van der Waals surface area contributed by atoms with Gasteiger partial charge < -0.3 is 9.72 Å². The molecule has 1 N–H and O–H groups in total. The van der Waals surface area contributed by atoms with Crippen molar-refractivity contribution in [1.29, 1.82) is 0 Å². The highest BCUT2D eigenvalue weighted by Gasteiger charge is 2.08. The third-order valence-corrected chi connectivity index (χ3v) is 3.21. The van der Waals surface area contributed by atoms with Crippen LogP contribution in [-0.2, 0) is 6.54 Å². The summed E-state index contributed by atoms with van der Waals surface area (Å²) in [5, 5.41) is 0. The molecule has 0 radical (unpaired) electrons. The lowest BCUT2D eigenvalue weighted by Gasteiger charge is -2.06. The summed E-state index contributed by atoms with van der Waals surface area (Å²) in [7, 11) is 1.59. The van der Waals surface area contributed by atoms with Gasteiger partial charge in [-0.3, -0.25) is 4.57 Å². The minimum Gasteiger partial charge on any atom is -0.497 e. The van der Waals surface area contributed by atoms with E-state index in [2.05, 4.69) is 4.98 Å². The van der Waals surface area contributed by atoms with Crippen molar-refractivity contribution in [2.75, 3.05) is 7.11 Å². The SMILES string of the molecule is COc1cccc(Cn2c(=O)[nH]c3ccc(F)cc32)c1. The number of ether oxygens (including phenoxy) is 1. The third kappa shape index (κ3) is 2.18. The molecule has 1 aromatic heterocycles. The molecule has 3 rings (SSSR count). The second-order valence-corrected chi connectivity index (χ2v) is 4.53. The Labute approximate surface area is 114 Å². The van der Waals surface area contributed by atoms with Crippen LogP contribution in [0.3, 0.4) is 0 Å². The molecule has 4 nitrogen and oxygen atoms in total. The normalized spacial score (nSPS) is 10.9. The number of aromatic nitrogens is 2. The molecule has 0 bridgehead atoms. The van der Waals surface area contributed by atoms with E-state index in [1.807, 2.05) is 24.3 Å². The molecule has 0 atom stereocenters. The predicted molar refractivity (Wildman–Crippen MR) is 74.6 cm³/mol. The molecule has 0 aliphatic carbocycles. The highest BCUT2D eigenvalue weighted by atomic mass is 19.1. The smallest absolute Gasteiger partial charge is 0.326 e. The van der Waals surface area contributed by atoms with E-state index in [0.29, 0.717) is 17.6 Å². The molecule has 0 saturated heterocycles. The number of halogens is 1. The molecule has 0 unspecified atom stereocenters. The molecule has 0 aliphatic rings.